The van der Waals surface area contributed by atoms with E-state index in [0.29, 0.717) is 25.4 Å². The fourth-order valence-electron chi connectivity index (χ4n) is 8.29. The van der Waals surface area contributed by atoms with Crippen LogP contribution in [0.3, 0.4) is 0 Å². The molecule has 0 aliphatic carbocycles. The third-order valence-corrected chi connectivity index (χ3v) is 11.5. The number of ether oxygens (including phenoxy) is 2. The van der Waals surface area contributed by atoms with Gasteiger partial charge in [-0.15, -0.1) is 0 Å². The van der Waals surface area contributed by atoms with Crippen molar-refractivity contribution in [2.24, 2.45) is 29.4 Å². The summed E-state index contributed by atoms with van der Waals surface area (Å²) in [5, 5.41) is 9.58. The van der Waals surface area contributed by atoms with Gasteiger partial charge in [0.05, 0.1) is 42.7 Å². The van der Waals surface area contributed by atoms with Crippen LogP contribution < -0.4 is 21.7 Å². The van der Waals surface area contributed by atoms with Crippen molar-refractivity contribution in [2.45, 2.75) is 143 Å². The molecular formula is C43H77N7O6. The van der Waals surface area contributed by atoms with Crippen LogP contribution in [0.4, 0.5) is 5.69 Å². The number of methoxy groups -OCH3 is 2. The van der Waals surface area contributed by atoms with Gasteiger partial charge in [0.2, 0.25) is 23.6 Å². The molecule has 1 saturated heterocycles. The largest absolute Gasteiger partial charge is 0.383 e. The van der Waals surface area contributed by atoms with E-state index in [1.165, 1.54) is 0 Å². The highest BCUT2D eigenvalue weighted by molar-refractivity contribution is 5.90. The van der Waals surface area contributed by atoms with Crippen LogP contribution in [0, 0.1) is 23.7 Å². The highest BCUT2D eigenvalue weighted by Crippen LogP contribution is 2.30. The number of nitrogens with one attached hydrogen (secondary N) is 3. The molecule has 0 saturated carbocycles. The molecule has 1 fully saturated rings. The topological polar surface area (TPSA) is 159 Å². The monoisotopic (exact) mass is 788 g/mol. The molecule has 0 bridgehead atoms. The van der Waals surface area contributed by atoms with Gasteiger partial charge in [0.15, 0.2) is 0 Å². The molecule has 320 valence electrons. The average Bonchev–Trinajstić information content (AvgIpc) is 3.62. The minimum Gasteiger partial charge on any atom is -0.383 e. The predicted molar refractivity (Wildman–Crippen MR) is 225 cm³/mol. The summed E-state index contributed by atoms with van der Waals surface area (Å²) in [6.45, 7) is 18.8. The zero-order valence-electron chi connectivity index (χ0n) is 37.1. The van der Waals surface area contributed by atoms with E-state index in [4.69, 9.17) is 15.2 Å². The van der Waals surface area contributed by atoms with Crippen LogP contribution >= 0.6 is 0 Å². The first-order chi connectivity index (χ1) is 26.3. The van der Waals surface area contributed by atoms with E-state index >= 15 is 0 Å². The Balaban J connectivity index is 2.23. The number of rotatable bonds is 23. The molecule has 0 spiro atoms. The highest BCUT2D eigenvalue weighted by Gasteiger charge is 2.43. The lowest BCUT2D eigenvalue weighted by atomic mass is 9.89. The molecule has 4 amide bonds. The Hall–Kier alpha value is -3.26. The maximum Gasteiger partial charge on any atom is 0.245 e. The summed E-state index contributed by atoms with van der Waals surface area (Å²) in [5.41, 5.74) is 8.24. The summed E-state index contributed by atoms with van der Waals surface area (Å²) in [7, 11) is 8.64. The van der Waals surface area contributed by atoms with Crippen LogP contribution in [0.1, 0.15) is 93.6 Å². The van der Waals surface area contributed by atoms with Gasteiger partial charge in [-0.1, -0.05) is 67.0 Å². The number of nitrogens with two attached hydrogens (primary N) is 1. The quantitative estimate of drug-likeness (QED) is 0.128. The van der Waals surface area contributed by atoms with Gasteiger partial charge in [0.1, 0.15) is 6.04 Å². The number of benzene rings is 1. The Bertz CT molecular complexity index is 1360. The molecular weight excluding hydrogens is 711 g/mol. The number of anilines is 1. The predicted octanol–water partition coefficient (Wildman–Crippen LogP) is 4.14. The first kappa shape index (κ1) is 48.9. The van der Waals surface area contributed by atoms with Gasteiger partial charge < -0.3 is 41.0 Å². The van der Waals surface area contributed by atoms with Crippen LogP contribution in [0.5, 0.6) is 0 Å². The normalized spacial score (nSPS) is 19.0. The van der Waals surface area contributed by atoms with Crippen molar-refractivity contribution in [3.8, 4) is 0 Å². The Morgan fingerprint density at radius 1 is 0.893 bits per heavy atom. The van der Waals surface area contributed by atoms with Crippen molar-refractivity contribution < 1.29 is 28.7 Å². The Kier molecular flexibility index (Phi) is 20.3. The number of likely N-dealkylation sites (tertiary alicyclic amines) is 1. The zero-order chi connectivity index (χ0) is 42.4. The fourth-order valence-corrected chi connectivity index (χ4v) is 8.29. The fraction of sp³-hybridized carbons (Fsp3) is 0.767. The van der Waals surface area contributed by atoms with E-state index in [-0.39, 0.29) is 72.5 Å². The SMILES string of the molecule is CC[C@H](C)[C@@H]([C@@H](CC(=O)N1CCC[C@H]1[C@H](OC)[C@@H](C)C(=O)N[C@H](CN)Cc1ccc(NC(C)C)cc1)OC)N(C)C(=O)C(NC(=O)[C@H](C(C)C)N(C)C)C(C)C. The van der Waals surface area contributed by atoms with Gasteiger partial charge in [0.25, 0.3) is 0 Å². The van der Waals surface area contributed by atoms with E-state index in [1.807, 2.05) is 82.8 Å². The van der Waals surface area contributed by atoms with Crippen molar-refractivity contribution in [3.05, 3.63) is 29.8 Å². The van der Waals surface area contributed by atoms with Gasteiger partial charge in [0, 0.05) is 52.1 Å². The molecule has 56 heavy (non-hydrogen) atoms. The van der Waals surface area contributed by atoms with E-state index in [1.54, 1.807) is 26.2 Å². The summed E-state index contributed by atoms with van der Waals surface area (Å²) < 4.78 is 12.0. The zero-order valence-corrected chi connectivity index (χ0v) is 37.1. The summed E-state index contributed by atoms with van der Waals surface area (Å²) in [5.74, 6) is -1.37. The maximum atomic E-state index is 14.3. The second-order valence-electron chi connectivity index (χ2n) is 17.1. The van der Waals surface area contributed by atoms with Crippen LogP contribution in [-0.2, 0) is 35.1 Å². The van der Waals surface area contributed by atoms with E-state index in [9.17, 15) is 19.2 Å². The molecule has 1 aliphatic heterocycles. The first-order valence-electron chi connectivity index (χ1n) is 20.8. The molecule has 1 aromatic rings. The minimum atomic E-state index is -0.752. The van der Waals surface area contributed by atoms with Crippen LogP contribution in [0.25, 0.3) is 0 Å². The Morgan fingerprint density at radius 2 is 1.52 bits per heavy atom. The lowest BCUT2D eigenvalue weighted by Crippen LogP contribution is -2.59. The second-order valence-corrected chi connectivity index (χ2v) is 17.1. The number of carbonyl (C=O) groups is 4. The molecule has 13 nitrogen and oxygen atoms in total. The smallest absolute Gasteiger partial charge is 0.245 e. The van der Waals surface area contributed by atoms with Crippen molar-refractivity contribution >= 4 is 29.3 Å². The number of amides is 4. The molecule has 13 heteroatoms. The molecule has 2 rings (SSSR count). The molecule has 0 radical (unpaired) electrons. The second kappa shape index (κ2) is 23.2. The third kappa shape index (κ3) is 13.4. The number of nitrogens with zero attached hydrogens (tertiary/aromatic N) is 3. The van der Waals surface area contributed by atoms with Gasteiger partial charge in [-0.25, -0.2) is 0 Å². The minimum absolute atomic E-state index is 0.00893. The summed E-state index contributed by atoms with van der Waals surface area (Å²) >= 11 is 0. The number of likely N-dealkylation sites (N-methyl/N-ethyl adjacent to an activating group) is 2. The van der Waals surface area contributed by atoms with Crippen molar-refractivity contribution in [1.82, 2.24) is 25.3 Å². The van der Waals surface area contributed by atoms with Gasteiger partial charge in [-0.3, -0.25) is 24.1 Å². The molecule has 5 N–H and O–H groups in total. The van der Waals surface area contributed by atoms with Crippen LogP contribution in [-0.4, -0.2) is 135 Å². The average molecular weight is 788 g/mol. The molecule has 0 aromatic heterocycles. The summed E-state index contributed by atoms with van der Waals surface area (Å²) in [6.07, 6.45) is 1.72. The van der Waals surface area contributed by atoms with E-state index in [0.717, 1.165) is 24.1 Å². The van der Waals surface area contributed by atoms with Crippen molar-refractivity contribution in [2.75, 3.05) is 53.8 Å². The standard InChI is InChI=1S/C43H77N7O6/c1-15-29(8)39(49(12)43(54)37(26(2)3)47-42(53)38(27(4)5)48(10)11)35(55-13)24-36(51)50-22-16-17-34(50)40(56-14)30(9)41(52)46-33(25-44)23-31-18-20-32(21-19-31)45-28(6)7/h18-21,26-30,33-35,37-40,45H,15-17,22-25,44H2,1-14H3,(H,46,52)(H,47,53)/t29-,30+,33-,34-,35+,37?,38-,39-,40+/m0/s1. The summed E-state index contributed by atoms with van der Waals surface area (Å²) in [6, 6.07) is 6.34. The Morgan fingerprint density at radius 3 is 2.00 bits per heavy atom. The van der Waals surface area contributed by atoms with Crippen molar-refractivity contribution in [1.29, 1.82) is 0 Å². The lowest BCUT2D eigenvalue weighted by molar-refractivity contribution is -0.148. The lowest BCUT2D eigenvalue weighted by Gasteiger charge is -2.41. The Labute approximate surface area is 338 Å². The molecule has 1 heterocycles. The highest BCUT2D eigenvalue weighted by atomic mass is 16.5. The molecule has 1 aromatic carbocycles. The third-order valence-electron chi connectivity index (χ3n) is 11.5. The number of hydrogen-bond acceptors (Lipinski definition) is 9. The molecule has 1 aliphatic rings. The van der Waals surface area contributed by atoms with E-state index in [2.05, 4.69) is 43.6 Å². The number of carbonyl (C=O) groups excluding carboxylic acids is 4. The van der Waals surface area contributed by atoms with Gasteiger partial charge in [-0.05, 0) is 82.7 Å². The molecule has 9 atom stereocenters. The number of hydrogen-bond donors (Lipinski definition) is 4. The van der Waals surface area contributed by atoms with Crippen LogP contribution in [0.2, 0.25) is 0 Å². The van der Waals surface area contributed by atoms with Crippen LogP contribution in [0.15, 0.2) is 24.3 Å². The van der Waals surface area contributed by atoms with Crippen molar-refractivity contribution in [3.63, 3.8) is 0 Å². The van der Waals surface area contributed by atoms with Gasteiger partial charge >= 0.3 is 0 Å². The van der Waals surface area contributed by atoms with Gasteiger partial charge in [-0.2, -0.15) is 0 Å². The van der Waals surface area contributed by atoms with E-state index < -0.39 is 30.2 Å². The maximum absolute atomic E-state index is 14.3. The summed E-state index contributed by atoms with van der Waals surface area (Å²) in [4.78, 5) is 61.0. The molecule has 1 unspecified atom stereocenters. The first-order valence-corrected chi connectivity index (χ1v) is 20.8.